The molecular formula is C15H26O. The van der Waals surface area contributed by atoms with Crippen LogP contribution in [0, 0.1) is 17.8 Å². The summed E-state index contributed by atoms with van der Waals surface area (Å²) in [4.78, 5) is 0. The number of rotatable bonds is 5. The molecule has 0 unspecified atom stereocenters. The molecule has 4 rings (SSSR count). The Hall–Kier alpha value is -0.0400. The predicted octanol–water partition coefficient (Wildman–Crippen LogP) is 4.16. The van der Waals surface area contributed by atoms with Crippen LogP contribution in [0.25, 0.3) is 0 Å². The van der Waals surface area contributed by atoms with Gasteiger partial charge in [0.15, 0.2) is 0 Å². The third-order valence-electron chi connectivity index (χ3n) is 5.14. The third-order valence-corrected chi connectivity index (χ3v) is 5.14. The summed E-state index contributed by atoms with van der Waals surface area (Å²) in [6.45, 7) is 3.30. The average molecular weight is 222 g/mol. The Morgan fingerprint density at radius 3 is 2.00 bits per heavy atom. The van der Waals surface area contributed by atoms with E-state index in [1.165, 1.54) is 57.8 Å². The van der Waals surface area contributed by atoms with E-state index in [4.69, 9.17) is 4.74 Å². The fraction of sp³-hybridized carbons (Fsp3) is 1.00. The fourth-order valence-corrected chi connectivity index (χ4v) is 4.85. The highest BCUT2D eigenvalue weighted by Gasteiger charge is 2.51. The molecule has 0 heterocycles. The van der Waals surface area contributed by atoms with Crippen molar-refractivity contribution in [2.45, 2.75) is 70.3 Å². The van der Waals surface area contributed by atoms with Gasteiger partial charge >= 0.3 is 0 Å². The van der Waals surface area contributed by atoms with Crippen molar-refractivity contribution in [1.29, 1.82) is 0 Å². The number of unbranched alkanes of at least 4 members (excludes halogenated alkanes) is 2. The summed E-state index contributed by atoms with van der Waals surface area (Å²) in [6, 6.07) is 0. The monoisotopic (exact) mass is 222 g/mol. The smallest absolute Gasteiger partial charge is 0.0690 e. The largest absolute Gasteiger partial charge is 0.375 e. The van der Waals surface area contributed by atoms with Gasteiger partial charge < -0.3 is 4.74 Å². The van der Waals surface area contributed by atoms with Crippen LogP contribution in [-0.4, -0.2) is 12.2 Å². The van der Waals surface area contributed by atoms with Gasteiger partial charge in [-0.3, -0.25) is 0 Å². The Balaban J connectivity index is 1.56. The maximum absolute atomic E-state index is 6.34. The third kappa shape index (κ3) is 2.03. The molecule has 16 heavy (non-hydrogen) atoms. The molecule has 4 aliphatic rings. The summed E-state index contributed by atoms with van der Waals surface area (Å²) in [5.74, 6) is 3.08. The highest BCUT2D eigenvalue weighted by molar-refractivity contribution is 5.03. The summed E-state index contributed by atoms with van der Waals surface area (Å²) in [5.41, 5.74) is 0.350. The van der Waals surface area contributed by atoms with E-state index in [0.717, 1.165) is 24.4 Å². The minimum absolute atomic E-state index is 0.350. The van der Waals surface area contributed by atoms with Crippen molar-refractivity contribution in [3.05, 3.63) is 0 Å². The molecule has 0 aromatic rings. The summed E-state index contributed by atoms with van der Waals surface area (Å²) >= 11 is 0. The standard InChI is InChI=1S/C15H26O/c1-2-3-4-5-16-15-9-12-6-13(10-15)8-14(7-12)11-15/h12-14H,2-11H2,1H3. The minimum atomic E-state index is 0.350. The Kier molecular flexibility index (Phi) is 2.99. The van der Waals surface area contributed by atoms with Crippen LogP contribution in [0.2, 0.25) is 0 Å². The average Bonchev–Trinajstić information content (AvgIpc) is 2.22. The molecule has 0 radical (unpaired) electrons. The zero-order valence-corrected chi connectivity index (χ0v) is 10.7. The molecule has 0 aromatic carbocycles. The maximum atomic E-state index is 6.34. The SMILES string of the molecule is CCCCCOC12CC3CC(CC(C3)C1)C2. The summed E-state index contributed by atoms with van der Waals surface area (Å²) in [7, 11) is 0. The fourth-order valence-electron chi connectivity index (χ4n) is 4.85. The van der Waals surface area contributed by atoms with Gasteiger partial charge in [0.1, 0.15) is 0 Å². The normalized spacial score (nSPS) is 45.2. The highest BCUT2D eigenvalue weighted by Crippen LogP contribution is 2.57. The first-order valence-electron chi connectivity index (χ1n) is 7.43. The van der Waals surface area contributed by atoms with E-state index in [1.54, 1.807) is 0 Å². The van der Waals surface area contributed by atoms with Crippen LogP contribution in [0.5, 0.6) is 0 Å². The molecular weight excluding hydrogens is 196 g/mol. The van der Waals surface area contributed by atoms with Gasteiger partial charge in [0.25, 0.3) is 0 Å². The summed E-state index contributed by atoms with van der Waals surface area (Å²) in [5, 5.41) is 0. The molecule has 0 N–H and O–H groups in total. The van der Waals surface area contributed by atoms with E-state index in [0.29, 0.717) is 5.60 Å². The molecule has 0 aromatic heterocycles. The molecule has 92 valence electrons. The lowest BCUT2D eigenvalue weighted by molar-refractivity contribution is -0.162. The van der Waals surface area contributed by atoms with Crippen LogP contribution in [0.15, 0.2) is 0 Å². The molecule has 0 aliphatic heterocycles. The second-order valence-electron chi connectivity index (χ2n) is 6.66. The van der Waals surface area contributed by atoms with Crippen molar-refractivity contribution in [3.63, 3.8) is 0 Å². The second kappa shape index (κ2) is 4.33. The quantitative estimate of drug-likeness (QED) is 0.635. The summed E-state index contributed by atoms with van der Waals surface area (Å²) < 4.78 is 6.34. The first-order valence-corrected chi connectivity index (χ1v) is 7.43. The van der Waals surface area contributed by atoms with E-state index in [9.17, 15) is 0 Å². The van der Waals surface area contributed by atoms with E-state index in [-0.39, 0.29) is 0 Å². The lowest BCUT2D eigenvalue weighted by Gasteiger charge is -2.56. The molecule has 0 saturated heterocycles. The van der Waals surface area contributed by atoms with Crippen molar-refractivity contribution in [3.8, 4) is 0 Å². The van der Waals surface area contributed by atoms with Crippen molar-refractivity contribution in [2.75, 3.05) is 6.61 Å². The van der Waals surface area contributed by atoms with E-state index >= 15 is 0 Å². The molecule has 0 atom stereocenters. The van der Waals surface area contributed by atoms with Gasteiger partial charge in [-0.15, -0.1) is 0 Å². The molecule has 1 heteroatoms. The molecule has 0 spiro atoms. The van der Waals surface area contributed by atoms with Gasteiger partial charge in [0, 0.05) is 6.61 Å². The van der Waals surface area contributed by atoms with E-state index in [2.05, 4.69) is 6.92 Å². The number of ether oxygens (including phenoxy) is 1. The van der Waals surface area contributed by atoms with Gasteiger partial charge in [-0.1, -0.05) is 19.8 Å². The van der Waals surface area contributed by atoms with Crippen LogP contribution >= 0.6 is 0 Å². The van der Waals surface area contributed by atoms with Gasteiger partial charge in [0.05, 0.1) is 5.60 Å². The Morgan fingerprint density at radius 1 is 0.938 bits per heavy atom. The van der Waals surface area contributed by atoms with Crippen LogP contribution in [0.1, 0.15) is 64.7 Å². The van der Waals surface area contributed by atoms with E-state index in [1.807, 2.05) is 0 Å². The van der Waals surface area contributed by atoms with Crippen molar-refractivity contribution in [2.24, 2.45) is 17.8 Å². The van der Waals surface area contributed by atoms with Gasteiger partial charge in [-0.05, 0) is 62.7 Å². The van der Waals surface area contributed by atoms with Crippen molar-refractivity contribution < 1.29 is 4.74 Å². The first kappa shape index (κ1) is 11.1. The Bertz CT molecular complexity index is 211. The van der Waals surface area contributed by atoms with Gasteiger partial charge in [0.2, 0.25) is 0 Å². The zero-order chi connectivity index (χ0) is 11.0. The molecule has 0 amide bonds. The Labute approximate surface area is 99.9 Å². The van der Waals surface area contributed by atoms with Gasteiger partial charge in [-0.2, -0.15) is 0 Å². The molecule has 4 aliphatic carbocycles. The number of hydrogen-bond acceptors (Lipinski definition) is 1. The minimum Gasteiger partial charge on any atom is -0.375 e. The van der Waals surface area contributed by atoms with Crippen LogP contribution < -0.4 is 0 Å². The maximum Gasteiger partial charge on any atom is 0.0690 e. The zero-order valence-electron chi connectivity index (χ0n) is 10.7. The molecule has 4 fully saturated rings. The first-order chi connectivity index (χ1) is 7.80. The number of hydrogen-bond donors (Lipinski definition) is 0. The van der Waals surface area contributed by atoms with Crippen molar-refractivity contribution >= 4 is 0 Å². The molecule has 4 saturated carbocycles. The molecule has 4 bridgehead atoms. The van der Waals surface area contributed by atoms with Crippen LogP contribution in [-0.2, 0) is 4.74 Å². The second-order valence-corrected chi connectivity index (χ2v) is 6.66. The van der Waals surface area contributed by atoms with Crippen LogP contribution in [0.3, 0.4) is 0 Å². The summed E-state index contributed by atoms with van der Waals surface area (Å²) in [6.07, 6.45) is 12.7. The van der Waals surface area contributed by atoms with Crippen molar-refractivity contribution in [1.82, 2.24) is 0 Å². The van der Waals surface area contributed by atoms with E-state index < -0.39 is 0 Å². The lowest BCUT2D eigenvalue weighted by atomic mass is 9.54. The predicted molar refractivity (Wildman–Crippen MR) is 66.4 cm³/mol. The topological polar surface area (TPSA) is 9.23 Å². The van der Waals surface area contributed by atoms with Crippen LogP contribution in [0.4, 0.5) is 0 Å². The van der Waals surface area contributed by atoms with Gasteiger partial charge in [-0.25, -0.2) is 0 Å². The molecule has 1 nitrogen and oxygen atoms in total. The Morgan fingerprint density at radius 2 is 1.50 bits per heavy atom. The highest BCUT2D eigenvalue weighted by atomic mass is 16.5. The lowest BCUT2D eigenvalue weighted by Crippen LogP contribution is -2.52.